The van der Waals surface area contributed by atoms with E-state index in [1.807, 2.05) is 30.3 Å². The number of rotatable bonds is 6. The lowest BCUT2D eigenvalue weighted by molar-refractivity contribution is -0.148. The number of esters is 1. The number of halogens is 2. The third-order valence-corrected chi connectivity index (χ3v) is 6.42. The number of nitrogens with zero attached hydrogens (tertiary/aromatic N) is 1. The number of hydrogen-bond donors (Lipinski definition) is 0. The normalized spacial score (nSPS) is 16.1. The predicted octanol–water partition coefficient (Wildman–Crippen LogP) is 5.23. The van der Waals surface area contributed by atoms with Crippen molar-refractivity contribution in [2.24, 2.45) is 0 Å². The Balaban J connectivity index is 1.85. The van der Waals surface area contributed by atoms with Gasteiger partial charge in [0, 0.05) is 13.6 Å². The molecular formula is C21H17BrINO5S. The van der Waals surface area contributed by atoms with Crippen LogP contribution in [-0.4, -0.2) is 35.2 Å². The standard InChI is InChI=1S/C21H17BrINO5S/c1-12(20(26)28-2)24-19(25)18(30-21(24)27)10-14-9-15(22)5-8-17(14)29-11-13-3-6-16(23)7-4-13/h3-10,12H,11H2,1-2H3/b18-10+/t12-/m1/s1. The average Bonchev–Trinajstić information content (AvgIpc) is 3.00. The second-order valence-electron chi connectivity index (χ2n) is 6.35. The number of benzene rings is 2. The van der Waals surface area contributed by atoms with Gasteiger partial charge in [-0.3, -0.25) is 14.5 Å². The van der Waals surface area contributed by atoms with E-state index in [1.54, 1.807) is 18.2 Å². The van der Waals surface area contributed by atoms with Crippen LogP contribution in [-0.2, 0) is 20.9 Å². The summed E-state index contributed by atoms with van der Waals surface area (Å²) >= 11 is 6.45. The number of methoxy groups -OCH3 is 1. The lowest BCUT2D eigenvalue weighted by atomic mass is 10.1. The number of carbonyl (C=O) groups excluding carboxylic acids is 3. The minimum absolute atomic E-state index is 0.216. The molecule has 0 aromatic heterocycles. The van der Waals surface area contributed by atoms with Gasteiger partial charge in [-0.05, 0) is 83.2 Å². The van der Waals surface area contributed by atoms with Gasteiger partial charge in [-0.25, -0.2) is 4.79 Å². The summed E-state index contributed by atoms with van der Waals surface area (Å²) in [5.74, 6) is -0.612. The van der Waals surface area contributed by atoms with Crippen molar-refractivity contribution in [3.05, 3.63) is 66.5 Å². The fourth-order valence-corrected chi connectivity index (χ4v) is 4.37. The molecule has 9 heteroatoms. The van der Waals surface area contributed by atoms with Crippen LogP contribution < -0.4 is 4.74 Å². The van der Waals surface area contributed by atoms with Gasteiger partial charge in [0.2, 0.25) is 0 Å². The Morgan fingerprint density at radius 2 is 1.93 bits per heavy atom. The molecule has 1 saturated heterocycles. The summed E-state index contributed by atoms with van der Waals surface area (Å²) in [5.41, 5.74) is 1.66. The topological polar surface area (TPSA) is 72.9 Å². The average molecular weight is 602 g/mol. The minimum Gasteiger partial charge on any atom is -0.488 e. The Labute approximate surface area is 200 Å². The molecule has 0 unspecified atom stereocenters. The Morgan fingerprint density at radius 3 is 2.60 bits per heavy atom. The molecule has 0 spiro atoms. The van der Waals surface area contributed by atoms with Crippen LogP contribution in [0.15, 0.2) is 51.8 Å². The fourth-order valence-electron chi connectivity index (χ4n) is 2.74. The van der Waals surface area contributed by atoms with E-state index in [9.17, 15) is 14.4 Å². The zero-order chi connectivity index (χ0) is 21.8. The van der Waals surface area contributed by atoms with Gasteiger partial charge in [0.1, 0.15) is 18.4 Å². The lowest BCUT2D eigenvalue weighted by Gasteiger charge is -2.18. The zero-order valence-electron chi connectivity index (χ0n) is 16.1. The van der Waals surface area contributed by atoms with E-state index < -0.39 is 23.2 Å². The lowest BCUT2D eigenvalue weighted by Crippen LogP contribution is -2.42. The Bertz CT molecular complexity index is 1020. The fraction of sp³-hybridized carbons (Fsp3) is 0.190. The summed E-state index contributed by atoms with van der Waals surface area (Å²) in [6, 6.07) is 12.4. The maximum atomic E-state index is 12.7. The second-order valence-corrected chi connectivity index (χ2v) is 9.50. The van der Waals surface area contributed by atoms with Gasteiger partial charge in [0.15, 0.2) is 0 Å². The number of amides is 2. The second kappa shape index (κ2) is 9.97. The first-order valence-corrected chi connectivity index (χ1v) is 11.5. The van der Waals surface area contributed by atoms with E-state index in [2.05, 4.69) is 43.3 Å². The smallest absolute Gasteiger partial charge is 0.328 e. The van der Waals surface area contributed by atoms with Crippen molar-refractivity contribution < 1.29 is 23.9 Å². The quantitative estimate of drug-likeness (QED) is 0.256. The first-order chi connectivity index (χ1) is 14.3. The number of imide groups is 1. The SMILES string of the molecule is COC(=O)[C@@H](C)N1C(=O)S/C(=C/c2cc(Br)ccc2OCc2ccc(I)cc2)C1=O. The van der Waals surface area contributed by atoms with E-state index in [-0.39, 0.29) is 4.91 Å². The highest BCUT2D eigenvalue weighted by Gasteiger charge is 2.41. The van der Waals surface area contributed by atoms with Crippen molar-refractivity contribution >= 4 is 73.5 Å². The van der Waals surface area contributed by atoms with Crippen LogP contribution in [0.3, 0.4) is 0 Å². The molecule has 1 fully saturated rings. The van der Waals surface area contributed by atoms with Gasteiger partial charge < -0.3 is 9.47 Å². The molecule has 2 aromatic rings. The molecular weight excluding hydrogens is 585 g/mol. The van der Waals surface area contributed by atoms with Crippen LogP contribution in [0.2, 0.25) is 0 Å². The number of ether oxygens (including phenoxy) is 2. The monoisotopic (exact) mass is 601 g/mol. The summed E-state index contributed by atoms with van der Waals surface area (Å²) < 4.78 is 12.5. The largest absolute Gasteiger partial charge is 0.488 e. The van der Waals surface area contributed by atoms with Gasteiger partial charge in [-0.2, -0.15) is 0 Å². The van der Waals surface area contributed by atoms with Gasteiger partial charge >= 0.3 is 5.97 Å². The highest BCUT2D eigenvalue weighted by atomic mass is 127. The molecule has 1 aliphatic heterocycles. The molecule has 1 atom stereocenters. The summed E-state index contributed by atoms with van der Waals surface area (Å²) in [5, 5.41) is -0.513. The van der Waals surface area contributed by atoms with Gasteiger partial charge in [0.05, 0.1) is 12.0 Å². The molecule has 3 rings (SSSR count). The van der Waals surface area contributed by atoms with E-state index in [4.69, 9.17) is 4.74 Å². The molecule has 1 aliphatic rings. The third-order valence-electron chi connectivity index (χ3n) is 4.32. The van der Waals surface area contributed by atoms with Crippen molar-refractivity contribution in [3.63, 3.8) is 0 Å². The van der Waals surface area contributed by atoms with Gasteiger partial charge in [0.25, 0.3) is 11.1 Å². The molecule has 30 heavy (non-hydrogen) atoms. The summed E-state index contributed by atoms with van der Waals surface area (Å²) in [6.45, 7) is 1.82. The first kappa shape index (κ1) is 22.8. The molecule has 0 aliphatic carbocycles. The first-order valence-electron chi connectivity index (χ1n) is 8.82. The van der Waals surface area contributed by atoms with Gasteiger partial charge in [-0.15, -0.1) is 0 Å². The van der Waals surface area contributed by atoms with E-state index in [0.29, 0.717) is 17.9 Å². The van der Waals surface area contributed by atoms with Crippen LogP contribution in [0.4, 0.5) is 4.79 Å². The van der Waals surface area contributed by atoms with Crippen LogP contribution >= 0.6 is 50.3 Å². The summed E-state index contributed by atoms with van der Waals surface area (Å²) in [7, 11) is 1.21. The van der Waals surface area contributed by atoms with Crippen molar-refractivity contribution in [2.45, 2.75) is 19.6 Å². The van der Waals surface area contributed by atoms with Crippen molar-refractivity contribution in [1.82, 2.24) is 4.90 Å². The van der Waals surface area contributed by atoms with Gasteiger partial charge in [-0.1, -0.05) is 28.1 Å². The number of thioether (sulfide) groups is 1. The minimum atomic E-state index is -0.993. The molecule has 0 radical (unpaired) electrons. The maximum Gasteiger partial charge on any atom is 0.328 e. The van der Waals surface area contributed by atoms with E-state index >= 15 is 0 Å². The van der Waals surface area contributed by atoms with Crippen molar-refractivity contribution in [3.8, 4) is 5.75 Å². The van der Waals surface area contributed by atoms with E-state index in [0.717, 1.165) is 30.3 Å². The van der Waals surface area contributed by atoms with Crippen molar-refractivity contribution in [2.75, 3.05) is 7.11 Å². The van der Waals surface area contributed by atoms with Crippen LogP contribution in [0.25, 0.3) is 6.08 Å². The summed E-state index contributed by atoms with van der Waals surface area (Å²) in [6.07, 6.45) is 1.60. The highest BCUT2D eigenvalue weighted by molar-refractivity contribution is 14.1. The molecule has 2 amide bonds. The third kappa shape index (κ3) is 5.25. The molecule has 6 nitrogen and oxygen atoms in total. The molecule has 0 saturated carbocycles. The molecule has 2 aromatic carbocycles. The van der Waals surface area contributed by atoms with Crippen LogP contribution in [0, 0.1) is 3.57 Å². The zero-order valence-corrected chi connectivity index (χ0v) is 20.6. The molecule has 0 N–H and O–H groups in total. The summed E-state index contributed by atoms with van der Waals surface area (Å²) in [4.78, 5) is 38.0. The van der Waals surface area contributed by atoms with Crippen molar-refractivity contribution in [1.29, 1.82) is 0 Å². The molecule has 0 bridgehead atoms. The number of carbonyl (C=O) groups is 3. The Hall–Kier alpha value is -1.85. The molecule has 156 valence electrons. The Morgan fingerprint density at radius 1 is 1.23 bits per heavy atom. The van der Waals surface area contributed by atoms with E-state index in [1.165, 1.54) is 14.0 Å². The Kier molecular flexibility index (Phi) is 7.59. The maximum absolute atomic E-state index is 12.7. The molecule has 1 heterocycles. The number of hydrogen-bond acceptors (Lipinski definition) is 6. The van der Waals surface area contributed by atoms with Crippen LogP contribution in [0.5, 0.6) is 5.75 Å². The van der Waals surface area contributed by atoms with Crippen LogP contribution in [0.1, 0.15) is 18.1 Å². The highest BCUT2D eigenvalue weighted by Crippen LogP contribution is 2.36. The predicted molar refractivity (Wildman–Crippen MR) is 127 cm³/mol.